The smallest absolute Gasteiger partial charge is 0.292 e. The second kappa shape index (κ2) is 7.44. The molecule has 1 heterocycles. The fourth-order valence-corrected chi connectivity index (χ4v) is 2.99. The van der Waals surface area contributed by atoms with Gasteiger partial charge in [0, 0.05) is 6.42 Å². The molecule has 0 radical (unpaired) electrons. The number of hydrogen-bond acceptors (Lipinski definition) is 3. The number of benzene rings is 2. The molecule has 25 heavy (non-hydrogen) atoms. The van der Waals surface area contributed by atoms with Gasteiger partial charge in [0.1, 0.15) is 11.6 Å². The molecule has 0 unspecified atom stereocenters. The lowest BCUT2D eigenvalue weighted by Crippen LogP contribution is -2.92. The average molecular weight is 343 g/mol. The van der Waals surface area contributed by atoms with Crippen LogP contribution in [0.25, 0.3) is 0 Å². The van der Waals surface area contributed by atoms with Gasteiger partial charge in [0.25, 0.3) is 5.91 Å². The summed E-state index contributed by atoms with van der Waals surface area (Å²) in [5.74, 6) is -0.0204. The predicted molar refractivity (Wildman–Crippen MR) is 90.8 cm³/mol. The average Bonchev–Trinajstić information content (AvgIpc) is 2.89. The topological polar surface area (TPSA) is 63.2 Å². The van der Waals surface area contributed by atoms with Crippen LogP contribution in [-0.4, -0.2) is 31.5 Å². The third-order valence-corrected chi connectivity index (χ3v) is 4.29. The lowest BCUT2D eigenvalue weighted by molar-refractivity contribution is -0.674. The lowest BCUT2D eigenvalue weighted by Gasteiger charge is -2.14. The zero-order valence-corrected chi connectivity index (χ0v) is 13.9. The van der Waals surface area contributed by atoms with Crippen molar-refractivity contribution >= 4 is 17.5 Å². The van der Waals surface area contributed by atoms with Crippen molar-refractivity contribution in [2.24, 2.45) is 0 Å². The summed E-state index contributed by atoms with van der Waals surface area (Å²) >= 11 is 0. The standard InChI is InChI=1S/C19H19FN2O3/c1-25-16-7-5-15(6-8-16)22-18(23)12-17(19(22)24)21-10-9-13-3-2-4-14(20)11-13/h2-8,11,17,21H,9-10,12H2,1H3/p+1/t17-/m1/s1. The Kier molecular flexibility index (Phi) is 5.09. The van der Waals surface area contributed by atoms with E-state index in [0.717, 1.165) is 5.56 Å². The highest BCUT2D eigenvalue weighted by Crippen LogP contribution is 2.24. The molecule has 1 fully saturated rings. The van der Waals surface area contributed by atoms with Crippen molar-refractivity contribution in [1.29, 1.82) is 0 Å². The Morgan fingerprint density at radius 1 is 1.20 bits per heavy atom. The molecule has 1 saturated heterocycles. The van der Waals surface area contributed by atoms with Crippen molar-refractivity contribution in [3.8, 4) is 5.75 Å². The fraction of sp³-hybridized carbons (Fsp3) is 0.263. The highest BCUT2D eigenvalue weighted by atomic mass is 19.1. The fourth-order valence-electron chi connectivity index (χ4n) is 2.99. The molecule has 0 aromatic heterocycles. The van der Waals surface area contributed by atoms with Gasteiger partial charge in [-0.2, -0.15) is 0 Å². The molecule has 0 saturated carbocycles. The number of methoxy groups -OCH3 is 1. The molecule has 130 valence electrons. The molecule has 1 atom stereocenters. The van der Waals surface area contributed by atoms with Gasteiger partial charge in [-0.1, -0.05) is 12.1 Å². The Labute approximate surface area is 145 Å². The Morgan fingerprint density at radius 3 is 2.64 bits per heavy atom. The number of quaternary nitrogens is 1. The second-order valence-electron chi connectivity index (χ2n) is 5.98. The zero-order valence-electron chi connectivity index (χ0n) is 13.9. The quantitative estimate of drug-likeness (QED) is 0.804. The van der Waals surface area contributed by atoms with E-state index >= 15 is 0 Å². The summed E-state index contributed by atoms with van der Waals surface area (Å²) in [4.78, 5) is 26.0. The van der Waals surface area contributed by atoms with Crippen molar-refractivity contribution in [2.45, 2.75) is 18.9 Å². The number of ether oxygens (including phenoxy) is 1. The van der Waals surface area contributed by atoms with E-state index in [4.69, 9.17) is 4.74 Å². The van der Waals surface area contributed by atoms with E-state index in [9.17, 15) is 14.0 Å². The molecule has 2 aromatic carbocycles. The van der Waals surface area contributed by atoms with Gasteiger partial charge in [0.05, 0.1) is 25.8 Å². The maximum absolute atomic E-state index is 13.2. The van der Waals surface area contributed by atoms with Crippen LogP contribution in [0.15, 0.2) is 48.5 Å². The number of nitrogens with zero attached hydrogens (tertiary/aromatic N) is 1. The van der Waals surface area contributed by atoms with E-state index < -0.39 is 6.04 Å². The van der Waals surface area contributed by atoms with E-state index in [0.29, 0.717) is 24.4 Å². The molecule has 0 spiro atoms. The molecular weight excluding hydrogens is 323 g/mol. The number of nitrogens with two attached hydrogens (primary N) is 1. The molecule has 2 amide bonds. The first-order valence-corrected chi connectivity index (χ1v) is 8.17. The van der Waals surface area contributed by atoms with E-state index in [1.807, 2.05) is 11.4 Å². The van der Waals surface area contributed by atoms with Crippen LogP contribution >= 0.6 is 0 Å². The summed E-state index contributed by atoms with van der Waals surface area (Å²) in [5, 5.41) is 1.86. The number of anilines is 1. The Bertz CT molecular complexity index is 776. The van der Waals surface area contributed by atoms with Crippen LogP contribution in [0.3, 0.4) is 0 Å². The first-order chi connectivity index (χ1) is 12.1. The second-order valence-corrected chi connectivity index (χ2v) is 5.98. The number of rotatable bonds is 6. The summed E-state index contributed by atoms with van der Waals surface area (Å²) in [6, 6.07) is 12.8. The summed E-state index contributed by atoms with van der Waals surface area (Å²) in [6.07, 6.45) is 0.812. The minimum atomic E-state index is -0.428. The monoisotopic (exact) mass is 343 g/mol. The molecule has 2 N–H and O–H groups in total. The van der Waals surface area contributed by atoms with E-state index in [2.05, 4.69) is 0 Å². The Balaban J connectivity index is 1.60. The van der Waals surface area contributed by atoms with Crippen molar-refractivity contribution in [2.75, 3.05) is 18.6 Å². The molecule has 1 aliphatic heterocycles. The maximum Gasteiger partial charge on any atom is 0.292 e. The van der Waals surface area contributed by atoms with Gasteiger partial charge in [0.2, 0.25) is 5.91 Å². The molecular formula is C19H20FN2O3+. The maximum atomic E-state index is 13.2. The van der Waals surface area contributed by atoms with Crippen LogP contribution in [0, 0.1) is 5.82 Å². The molecule has 3 rings (SSSR count). The van der Waals surface area contributed by atoms with Gasteiger partial charge < -0.3 is 10.1 Å². The number of amides is 2. The summed E-state index contributed by atoms with van der Waals surface area (Å²) in [5.41, 5.74) is 1.43. The molecule has 2 aromatic rings. The predicted octanol–water partition coefficient (Wildman–Crippen LogP) is 1.27. The first kappa shape index (κ1) is 17.1. The van der Waals surface area contributed by atoms with Gasteiger partial charge in [-0.05, 0) is 42.0 Å². The van der Waals surface area contributed by atoms with Crippen LogP contribution in [-0.2, 0) is 16.0 Å². The first-order valence-electron chi connectivity index (χ1n) is 8.17. The van der Waals surface area contributed by atoms with Crippen LogP contribution < -0.4 is 15.0 Å². The van der Waals surface area contributed by atoms with E-state index in [1.165, 1.54) is 17.0 Å². The summed E-state index contributed by atoms with van der Waals surface area (Å²) < 4.78 is 18.3. The number of halogens is 1. The molecule has 5 nitrogen and oxygen atoms in total. The molecule has 1 aliphatic rings. The minimum Gasteiger partial charge on any atom is -0.497 e. The number of hydrogen-bond donors (Lipinski definition) is 1. The zero-order chi connectivity index (χ0) is 17.8. The van der Waals surface area contributed by atoms with Gasteiger partial charge >= 0.3 is 0 Å². The SMILES string of the molecule is COc1ccc(N2C(=O)C[C@@H]([NH2+]CCc3cccc(F)c3)C2=O)cc1. The van der Waals surface area contributed by atoms with Gasteiger partial charge in [0.15, 0.2) is 6.04 Å². The van der Waals surface area contributed by atoms with Gasteiger partial charge in [-0.3, -0.25) is 9.59 Å². The van der Waals surface area contributed by atoms with Crippen molar-refractivity contribution in [3.05, 3.63) is 59.9 Å². The van der Waals surface area contributed by atoms with Crippen molar-refractivity contribution < 1.29 is 24.0 Å². The molecule has 0 aliphatic carbocycles. The van der Waals surface area contributed by atoms with Crippen molar-refractivity contribution in [1.82, 2.24) is 0 Å². The van der Waals surface area contributed by atoms with Crippen LogP contribution in [0.1, 0.15) is 12.0 Å². The van der Waals surface area contributed by atoms with E-state index in [-0.39, 0.29) is 24.1 Å². The van der Waals surface area contributed by atoms with Crippen LogP contribution in [0.5, 0.6) is 5.75 Å². The lowest BCUT2D eigenvalue weighted by atomic mass is 10.1. The minimum absolute atomic E-state index is 0.175. The third-order valence-electron chi connectivity index (χ3n) is 4.29. The number of carbonyl (C=O) groups excluding carboxylic acids is 2. The number of carbonyl (C=O) groups is 2. The van der Waals surface area contributed by atoms with Gasteiger partial charge in [-0.15, -0.1) is 0 Å². The molecule has 6 heteroatoms. The highest BCUT2D eigenvalue weighted by Gasteiger charge is 2.42. The van der Waals surface area contributed by atoms with Crippen LogP contribution in [0.2, 0.25) is 0 Å². The summed E-state index contributed by atoms with van der Waals surface area (Å²) in [6.45, 7) is 0.615. The van der Waals surface area contributed by atoms with Crippen LogP contribution in [0.4, 0.5) is 10.1 Å². The van der Waals surface area contributed by atoms with E-state index in [1.54, 1.807) is 37.4 Å². The third kappa shape index (κ3) is 3.85. The van der Waals surface area contributed by atoms with Gasteiger partial charge in [-0.25, -0.2) is 9.29 Å². The Morgan fingerprint density at radius 2 is 1.96 bits per heavy atom. The number of imide groups is 1. The normalized spacial score (nSPS) is 17.2. The highest BCUT2D eigenvalue weighted by molar-refractivity contribution is 6.21. The summed E-state index contributed by atoms with van der Waals surface area (Å²) in [7, 11) is 1.56. The Hall–Kier alpha value is -2.73. The molecule has 0 bridgehead atoms. The largest absolute Gasteiger partial charge is 0.497 e. The van der Waals surface area contributed by atoms with Crippen molar-refractivity contribution in [3.63, 3.8) is 0 Å².